The van der Waals surface area contributed by atoms with E-state index in [1.807, 2.05) is 0 Å². The molecule has 0 saturated heterocycles. The highest BCUT2D eigenvalue weighted by Gasteiger charge is 2.45. The number of rotatable bonds is 5. The summed E-state index contributed by atoms with van der Waals surface area (Å²) in [6.07, 6.45) is 6.86. The molecule has 2 aliphatic carbocycles. The molecule has 1 atom stereocenters. The summed E-state index contributed by atoms with van der Waals surface area (Å²) in [6, 6.07) is 0.504. The molecule has 0 aromatic heterocycles. The molecule has 1 amide bonds. The Balaban J connectivity index is 1.89. The van der Waals surface area contributed by atoms with E-state index in [1.165, 1.54) is 12.8 Å². The standard InChI is InChI=1S/C13H24N2O/c1-10(12(2)7-8-12)15-9-13(11(14)16)5-3-4-6-13/h10,15H,3-9H2,1-2H3,(H2,14,16). The molecule has 0 aromatic rings. The van der Waals surface area contributed by atoms with Crippen LogP contribution in [0.25, 0.3) is 0 Å². The van der Waals surface area contributed by atoms with Crippen LogP contribution in [0.2, 0.25) is 0 Å². The zero-order valence-corrected chi connectivity index (χ0v) is 10.5. The van der Waals surface area contributed by atoms with Crippen LogP contribution in [0, 0.1) is 10.8 Å². The maximum absolute atomic E-state index is 11.6. The van der Waals surface area contributed by atoms with Gasteiger partial charge in [0.05, 0.1) is 5.41 Å². The van der Waals surface area contributed by atoms with E-state index in [-0.39, 0.29) is 11.3 Å². The van der Waals surface area contributed by atoms with Crippen molar-refractivity contribution in [1.29, 1.82) is 0 Å². The highest BCUT2D eigenvalue weighted by molar-refractivity contribution is 5.81. The van der Waals surface area contributed by atoms with Gasteiger partial charge in [0.1, 0.15) is 0 Å². The summed E-state index contributed by atoms with van der Waals surface area (Å²) in [5.41, 5.74) is 5.78. The van der Waals surface area contributed by atoms with Gasteiger partial charge in [-0.1, -0.05) is 19.8 Å². The van der Waals surface area contributed by atoms with Gasteiger partial charge in [-0.05, 0) is 38.0 Å². The highest BCUT2D eigenvalue weighted by atomic mass is 16.1. The van der Waals surface area contributed by atoms with Crippen molar-refractivity contribution < 1.29 is 4.79 Å². The van der Waals surface area contributed by atoms with Gasteiger partial charge in [-0.25, -0.2) is 0 Å². The van der Waals surface area contributed by atoms with Crippen LogP contribution in [-0.2, 0) is 4.79 Å². The molecule has 2 rings (SSSR count). The monoisotopic (exact) mass is 224 g/mol. The first kappa shape index (κ1) is 11.9. The van der Waals surface area contributed by atoms with Crippen molar-refractivity contribution in [3.05, 3.63) is 0 Å². The van der Waals surface area contributed by atoms with Crippen molar-refractivity contribution in [2.75, 3.05) is 6.54 Å². The molecule has 92 valence electrons. The van der Waals surface area contributed by atoms with Crippen LogP contribution >= 0.6 is 0 Å². The summed E-state index contributed by atoms with van der Waals surface area (Å²) in [4.78, 5) is 11.6. The fraction of sp³-hybridized carbons (Fsp3) is 0.923. The average molecular weight is 224 g/mol. The van der Waals surface area contributed by atoms with E-state index in [0.29, 0.717) is 11.5 Å². The van der Waals surface area contributed by atoms with Crippen molar-refractivity contribution in [1.82, 2.24) is 5.32 Å². The molecule has 0 bridgehead atoms. The summed E-state index contributed by atoms with van der Waals surface area (Å²) in [5.74, 6) is -0.106. The zero-order valence-electron chi connectivity index (χ0n) is 10.5. The Morgan fingerprint density at radius 2 is 1.88 bits per heavy atom. The van der Waals surface area contributed by atoms with Crippen LogP contribution in [0.15, 0.2) is 0 Å². The van der Waals surface area contributed by atoms with Crippen molar-refractivity contribution >= 4 is 5.91 Å². The van der Waals surface area contributed by atoms with Crippen molar-refractivity contribution in [3.63, 3.8) is 0 Å². The van der Waals surface area contributed by atoms with Crippen LogP contribution in [0.5, 0.6) is 0 Å². The molecule has 3 nitrogen and oxygen atoms in total. The lowest BCUT2D eigenvalue weighted by atomic mass is 9.84. The lowest BCUT2D eigenvalue weighted by Gasteiger charge is -2.29. The normalized spacial score (nSPS) is 27.6. The Kier molecular flexibility index (Phi) is 2.99. The van der Waals surface area contributed by atoms with Gasteiger partial charge < -0.3 is 11.1 Å². The summed E-state index contributed by atoms with van der Waals surface area (Å²) in [5, 5.41) is 3.55. The van der Waals surface area contributed by atoms with Crippen molar-refractivity contribution in [2.24, 2.45) is 16.6 Å². The highest BCUT2D eigenvalue weighted by Crippen LogP contribution is 2.48. The fourth-order valence-electron chi connectivity index (χ4n) is 2.79. The molecule has 3 N–H and O–H groups in total. The third-order valence-electron chi connectivity index (χ3n) is 4.91. The molecule has 0 aliphatic heterocycles. The van der Waals surface area contributed by atoms with Gasteiger partial charge in [0.25, 0.3) is 0 Å². The van der Waals surface area contributed by atoms with Crippen molar-refractivity contribution in [3.8, 4) is 0 Å². The SMILES string of the molecule is CC(NCC1(C(N)=O)CCCC1)C1(C)CC1. The number of carbonyl (C=O) groups is 1. The van der Waals surface area contributed by atoms with Gasteiger partial charge in [-0.2, -0.15) is 0 Å². The third-order valence-corrected chi connectivity index (χ3v) is 4.91. The largest absolute Gasteiger partial charge is 0.369 e. The molecular weight excluding hydrogens is 200 g/mol. The number of amides is 1. The van der Waals surface area contributed by atoms with Gasteiger partial charge in [0, 0.05) is 12.6 Å². The van der Waals surface area contributed by atoms with E-state index in [4.69, 9.17) is 5.73 Å². The molecule has 0 aromatic carbocycles. The van der Waals surface area contributed by atoms with Gasteiger partial charge >= 0.3 is 0 Å². The second-order valence-electron chi connectivity index (χ2n) is 6.11. The predicted octanol–water partition coefficient (Wildman–Crippen LogP) is 1.81. The van der Waals surface area contributed by atoms with Crippen LogP contribution in [0.3, 0.4) is 0 Å². The Morgan fingerprint density at radius 3 is 2.31 bits per heavy atom. The lowest BCUT2D eigenvalue weighted by molar-refractivity contribution is -0.127. The fourth-order valence-corrected chi connectivity index (χ4v) is 2.79. The predicted molar refractivity (Wildman–Crippen MR) is 64.9 cm³/mol. The topological polar surface area (TPSA) is 55.1 Å². The molecule has 2 aliphatic rings. The quantitative estimate of drug-likeness (QED) is 0.748. The molecule has 3 heteroatoms. The van der Waals surface area contributed by atoms with Gasteiger partial charge in [0.2, 0.25) is 5.91 Å². The first-order valence-electron chi connectivity index (χ1n) is 6.52. The van der Waals surface area contributed by atoms with Gasteiger partial charge in [-0.15, -0.1) is 0 Å². The lowest BCUT2D eigenvalue weighted by Crippen LogP contribution is -2.47. The smallest absolute Gasteiger partial charge is 0.224 e. The number of primary amides is 1. The van der Waals surface area contributed by atoms with E-state index in [0.717, 1.165) is 32.2 Å². The van der Waals surface area contributed by atoms with E-state index >= 15 is 0 Å². The Morgan fingerprint density at radius 1 is 1.31 bits per heavy atom. The number of hydrogen-bond acceptors (Lipinski definition) is 2. The van der Waals surface area contributed by atoms with E-state index in [9.17, 15) is 4.79 Å². The molecule has 2 fully saturated rings. The first-order chi connectivity index (χ1) is 7.49. The maximum atomic E-state index is 11.6. The Hall–Kier alpha value is -0.570. The number of carbonyl (C=O) groups excluding carboxylic acids is 1. The second kappa shape index (κ2) is 4.02. The molecule has 0 spiro atoms. The maximum Gasteiger partial charge on any atom is 0.224 e. The number of nitrogens with one attached hydrogen (secondary N) is 1. The molecule has 0 radical (unpaired) electrons. The summed E-state index contributed by atoms with van der Waals surface area (Å²) >= 11 is 0. The minimum absolute atomic E-state index is 0.106. The van der Waals surface area contributed by atoms with E-state index in [2.05, 4.69) is 19.2 Å². The second-order valence-corrected chi connectivity index (χ2v) is 6.11. The summed E-state index contributed by atoms with van der Waals surface area (Å²) < 4.78 is 0. The Labute approximate surface area is 98.2 Å². The van der Waals surface area contributed by atoms with E-state index in [1.54, 1.807) is 0 Å². The first-order valence-corrected chi connectivity index (χ1v) is 6.52. The molecule has 1 unspecified atom stereocenters. The molecular formula is C13H24N2O. The van der Waals surface area contributed by atoms with Crippen LogP contribution < -0.4 is 11.1 Å². The van der Waals surface area contributed by atoms with Crippen molar-refractivity contribution in [2.45, 2.75) is 58.4 Å². The minimum atomic E-state index is -0.250. The number of hydrogen-bond donors (Lipinski definition) is 2. The molecule has 16 heavy (non-hydrogen) atoms. The van der Waals surface area contributed by atoms with Gasteiger partial charge in [-0.3, -0.25) is 4.79 Å². The van der Waals surface area contributed by atoms with Gasteiger partial charge in [0.15, 0.2) is 0 Å². The third kappa shape index (κ3) is 2.10. The Bertz CT molecular complexity index is 278. The number of nitrogens with two attached hydrogens (primary N) is 1. The average Bonchev–Trinajstić information content (AvgIpc) is 2.83. The minimum Gasteiger partial charge on any atom is -0.369 e. The molecule has 0 heterocycles. The zero-order chi connectivity index (χ0) is 11.8. The van der Waals surface area contributed by atoms with Crippen LogP contribution in [0.1, 0.15) is 52.4 Å². The summed E-state index contributed by atoms with van der Waals surface area (Å²) in [7, 11) is 0. The van der Waals surface area contributed by atoms with Crippen LogP contribution in [-0.4, -0.2) is 18.5 Å². The van der Waals surface area contributed by atoms with Crippen LogP contribution in [0.4, 0.5) is 0 Å². The molecule has 2 saturated carbocycles. The van der Waals surface area contributed by atoms with E-state index < -0.39 is 0 Å². The summed E-state index contributed by atoms with van der Waals surface area (Å²) in [6.45, 7) is 5.33.